The first-order valence-corrected chi connectivity index (χ1v) is 3.21. The summed E-state index contributed by atoms with van der Waals surface area (Å²) in [7, 11) is 3.33. The second kappa shape index (κ2) is 6.87. The lowest BCUT2D eigenvalue weighted by Gasteiger charge is -2.10. The lowest BCUT2D eigenvalue weighted by molar-refractivity contribution is -0.139. The van der Waals surface area contributed by atoms with E-state index in [1.54, 1.807) is 14.1 Å². The first kappa shape index (κ1) is 13.8. The van der Waals surface area contributed by atoms with Crippen molar-refractivity contribution in [3.8, 4) is 0 Å². The fourth-order valence-electron chi connectivity index (χ4n) is 0.526. The molecule has 2 N–H and O–H groups in total. The van der Waals surface area contributed by atoms with Crippen molar-refractivity contribution in [3.63, 3.8) is 0 Å². The quantitative estimate of drug-likeness (QED) is 0.615. The summed E-state index contributed by atoms with van der Waals surface area (Å²) in [6, 6.07) is 0. The maximum atomic E-state index is 10.7. The fourth-order valence-corrected chi connectivity index (χ4v) is 0.526. The molecule has 5 nitrogen and oxygen atoms in total. The molecule has 6 heteroatoms. The van der Waals surface area contributed by atoms with E-state index in [2.05, 4.69) is 5.43 Å². The van der Waals surface area contributed by atoms with Crippen LogP contribution in [0.1, 0.15) is 12.8 Å². The van der Waals surface area contributed by atoms with Gasteiger partial charge in [0.15, 0.2) is 0 Å². The van der Waals surface area contributed by atoms with Crippen molar-refractivity contribution in [2.75, 3.05) is 14.1 Å². The van der Waals surface area contributed by atoms with Gasteiger partial charge in [0.25, 0.3) is 0 Å². The van der Waals surface area contributed by atoms with Crippen LogP contribution in [-0.2, 0) is 9.59 Å². The van der Waals surface area contributed by atoms with Gasteiger partial charge in [-0.05, 0) is 0 Å². The van der Waals surface area contributed by atoms with E-state index in [1.165, 1.54) is 5.01 Å². The molecule has 1 amide bonds. The van der Waals surface area contributed by atoms with Gasteiger partial charge in [0.1, 0.15) is 0 Å². The van der Waals surface area contributed by atoms with E-state index in [0.717, 1.165) is 0 Å². The molecule has 0 bridgehead atoms. The van der Waals surface area contributed by atoms with Crippen LogP contribution in [0, 0.1) is 0 Å². The third kappa shape index (κ3) is 9.19. The molecule has 72 valence electrons. The first-order valence-electron chi connectivity index (χ1n) is 3.21. The van der Waals surface area contributed by atoms with Gasteiger partial charge in [-0.3, -0.25) is 15.0 Å². The van der Waals surface area contributed by atoms with Crippen molar-refractivity contribution in [1.82, 2.24) is 10.4 Å². The van der Waals surface area contributed by atoms with Crippen LogP contribution in [0.25, 0.3) is 0 Å². The fraction of sp³-hybridized carbons (Fsp3) is 0.667. The van der Waals surface area contributed by atoms with Crippen molar-refractivity contribution in [2.24, 2.45) is 0 Å². The number of hydrogen-bond acceptors (Lipinski definition) is 3. The van der Waals surface area contributed by atoms with Crippen molar-refractivity contribution in [1.29, 1.82) is 0 Å². The van der Waals surface area contributed by atoms with Crippen LogP contribution >= 0.6 is 12.4 Å². The van der Waals surface area contributed by atoms with Gasteiger partial charge in [-0.15, -0.1) is 12.4 Å². The predicted molar refractivity (Wildman–Crippen MR) is 45.9 cm³/mol. The molecule has 0 fully saturated rings. The van der Waals surface area contributed by atoms with Crippen LogP contribution in [-0.4, -0.2) is 36.1 Å². The number of aliphatic carboxylic acids is 1. The Bertz CT molecular complexity index is 161. The third-order valence-electron chi connectivity index (χ3n) is 0.914. The number of carbonyl (C=O) groups excluding carboxylic acids is 1. The highest BCUT2D eigenvalue weighted by Gasteiger charge is 2.04. The minimum atomic E-state index is -0.959. The maximum absolute atomic E-state index is 10.7. The molecular weight excluding hydrogens is 184 g/mol. The molecule has 0 spiro atoms. The Hall–Kier alpha value is -0.810. The Balaban J connectivity index is 0. The minimum absolute atomic E-state index is 0. The number of nitrogens with one attached hydrogen (secondary N) is 1. The minimum Gasteiger partial charge on any atom is -0.481 e. The second-order valence-corrected chi connectivity index (χ2v) is 2.32. The Morgan fingerprint density at radius 1 is 1.33 bits per heavy atom. The van der Waals surface area contributed by atoms with E-state index in [-0.39, 0.29) is 31.2 Å². The smallest absolute Gasteiger partial charge is 0.303 e. The van der Waals surface area contributed by atoms with Gasteiger partial charge >= 0.3 is 5.97 Å². The third-order valence-corrected chi connectivity index (χ3v) is 0.914. The molecule has 12 heavy (non-hydrogen) atoms. The topological polar surface area (TPSA) is 69.6 Å². The monoisotopic (exact) mass is 196 g/mol. The van der Waals surface area contributed by atoms with Crippen LogP contribution in [0.4, 0.5) is 0 Å². The average molecular weight is 197 g/mol. The van der Waals surface area contributed by atoms with Crippen LogP contribution in [0.2, 0.25) is 0 Å². The molecule has 0 aromatic carbocycles. The highest BCUT2D eigenvalue weighted by atomic mass is 35.5. The average Bonchev–Trinajstić information content (AvgIpc) is 1.82. The van der Waals surface area contributed by atoms with E-state index in [1.807, 2.05) is 0 Å². The first-order chi connectivity index (χ1) is 5.02. The summed E-state index contributed by atoms with van der Waals surface area (Å²) in [5.74, 6) is -1.24. The van der Waals surface area contributed by atoms with Crippen LogP contribution in [0.15, 0.2) is 0 Å². The van der Waals surface area contributed by atoms with Crippen molar-refractivity contribution >= 4 is 24.3 Å². The standard InChI is InChI=1S/C6H12N2O3.ClH/c1-8(2)7-5(9)3-4-6(10)11;/h3-4H2,1-2H3,(H,7,9)(H,10,11);1H. The van der Waals surface area contributed by atoms with E-state index in [0.29, 0.717) is 0 Å². The number of carboxylic acids is 1. The number of carbonyl (C=O) groups is 2. The van der Waals surface area contributed by atoms with E-state index >= 15 is 0 Å². The van der Waals surface area contributed by atoms with Gasteiger partial charge in [-0.2, -0.15) is 0 Å². The zero-order valence-corrected chi connectivity index (χ0v) is 7.85. The highest BCUT2D eigenvalue weighted by molar-refractivity contribution is 5.85. The number of carboxylic acid groups (broad SMARTS) is 1. The molecule has 0 saturated heterocycles. The van der Waals surface area contributed by atoms with E-state index < -0.39 is 5.97 Å². The van der Waals surface area contributed by atoms with Crippen LogP contribution in [0.3, 0.4) is 0 Å². The summed E-state index contributed by atoms with van der Waals surface area (Å²) in [5.41, 5.74) is 2.43. The lowest BCUT2D eigenvalue weighted by Crippen LogP contribution is -2.36. The molecule has 0 unspecified atom stereocenters. The second-order valence-electron chi connectivity index (χ2n) is 2.32. The van der Waals surface area contributed by atoms with Gasteiger partial charge in [-0.1, -0.05) is 0 Å². The lowest BCUT2D eigenvalue weighted by atomic mass is 10.3. The Morgan fingerprint density at radius 2 is 1.83 bits per heavy atom. The summed E-state index contributed by atoms with van der Waals surface area (Å²) in [6.45, 7) is 0. The summed E-state index contributed by atoms with van der Waals surface area (Å²) in [4.78, 5) is 20.7. The van der Waals surface area contributed by atoms with E-state index in [9.17, 15) is 9.59 Å². The highest BCUT2D eigenvalue weighted by Crippen LogP contribution is 1.87. The van der Waals surface area contributed by atoms with Crippen LogP contribution in [0.5, 0.6) is 0 Å². The molecule has 0 heterocycles. The molecule has 0 aromatic rings. The number of hydrazine groups is 1. The van der Waals surface area contributed by atoms with Crippen molar-refractivity contribution < 1.29 is 14.7 Å². The molecule has 0 rings (SSSR count). The molecule has 0 aromatic heterocycles. The van der Waals surface area contributed by atoms with Gasteiger partial charge in [0, 0.05) is 20.5 Å². The summed E-state index contributed by atoms with van der Waals surface area (Å²) in [6.07, 6.45) is -0.104. The molecule has 0 aliphatic carbocycles. The molecule has 0 aliphatic rings. The van der Waals surface area contributed by atoms with Gasteiger partial charge in [-0.25, -0.2) is 5.01 Å². The summed E-state index contributed by atoms with van der Waals surface area (Å²) in [5, 5.41) is 9.68. The Morgan fingerprint density at radius 3 is 2.17 bits per heavy atom. The largest absolute Gasteiger partial charge is 0.481 e. The number of halogens is 1. The van der Waals surface area contributed by atoms with E-state index in [4.69, 9.17) is 5.11 Å². The SMILES string of the molecule is CN(C)NC(=O)CCC(=O)O.Cl. The van der Waals surface area contributed by atoms with Crippen molar-refractivity contribution in [3.05, 3.63) is 0 Å². The number of amides is 1. The Kier molecular flexibility index (Phi) is 7.88. The van der Waals surface area contributed by atoms with Gasteiger partial charge in [0.2, 0.25) is 5.91 Å². The maximum Gasteiger partial charge on any atom is 0.303 e. The number of hydrogen-bond donors (Lipinski definition) is 2. The molecule has 0 radical (unpaired) electrons. The zero-order chi connectivity index (χ0) is 8.85. The predicted octanol–water partition coefficient (Wildman–Crippen LogP) is -0.134. The van der Waals surface area contributed by atoms with Crippen molar-refractivity contribution in [2.45, 2.75) is 12.8 Å². The summed E-state index contributed by atoms with van der Waals surface area (Å²) < 4.78 is 0. The molecule has 0 aliphatic heterocycles. The number of rotatable bonds is 4. The molecule has 0 atom stereocenters. The Labute approximate surface area is 77.1 Å². The molecule has 0 saturated carbocycles. The number of nitrogens with zero attached hydrogens (tertiary/aromatic N) is 1. The summed E-state index contributed by atoms with van der Waals surface area (Å²) >= 11 is 0. The van der Waals surface area contributed by atoms with Crippen LogP contribution < -0.4 is 5.43 Å². The normalized spacial score (nSPS) is 8.92. The molecular formula is C6H13ClN2O3. The zero-order valence-electron chi connectivity index (χ0n) is 7.03. The van der Waals surface area contributed by atoms with Gasteiger partial charge in [0.05, 0.1) is 6.42 Å². The van der Waals surface area contributed by atoms with Gasteiger partial charge < -0.3 is 5.11 Å².